The molecule has 0 radical (unpaired) electrons. The Morgan fingerprint density at radius 2 is 1.73 bits per heavy atom. The van der Waals surface area contributed by atoms with Crippen LogP contribution in [0.4, 0.5) is 13.2 Å². The zero-order chi connectivity index (χ0) is 27.0. The van der Waals surface area contributed by atoms with Crippen LogP contribution in [0.25, 0.3) is 0 Å². The lowest BCUT2D eigenvalue weighted by Crippen LogP contribution is -2.44. The van der Waals surface area contributed by atoms with Gasteiger partial charge in [-0.15, -0.1) is 0 Å². The van der Waals surface area contributed by atoms with Crippen LogP contribution in [0.1, 0.15) is 42.5 Å². The molecule has 37 heavy (non-hydrogen) atoms. The monoisotopic (exact) mass is 538 g/mol. The van der Waals surface area contributed by atoms with Crippen LogP contribution in [0.5, 0.6) is 11.5 Å². The molecule has 7 nitrogen and oxygen atoms in total. The summed E-state index contributed by atoms with van der Waals surface area (Å²) in [4.78, 5) is 28.6. The van der Waals surface area contributed by atoms with Crippen LogP contribution in [-0.2, 0) is 32.0 Å². The van der Waals surface area contributed by atoms with E-state index in [2.05, 4.69) is 0 Å². The van der Waals surface area contributed by atoms with Crippen LogP contribution < -0.4 is 4.74 Å². The third-order valence-electron chi connectivity index (χ3n) is 6.93. The molecule has 2 aliphatic heterocycles. The number of carbonyl (C=O) groups is 2. The fourth-order valence-corrected chi connectivity index (χ4v) is 5.62. The minimum absolute atomic E-state index is 0.0483. The van der Waals surface area contributed by atoms with Crippen molar-refractivity contribution in [1.29, 1.82) is 0 Å². The number of halogens is 3. The van der Waals surface area contributed by atoms with Crippen LogP contribution in [-0.4, -0.2) is 61.7 Å². The molecule has 2 heterocycles. The molecule has 200 valence electrons. The molecule has 11 heteroatoms. The van der Waals surface area contributed by atoms with Gasteiger partial charge in [-0.1, -0.05) is 6.07 Å². The second kappa shape index (κ2) is 10.4. The van der Waals surface area contributed by atoms with Gasteiger partial charge in [0.1, 0.15) is 21.3 Å². The van der Waals surface area contributed by atoms with Gasteiger partial charge in [0.15, 0.2) is 0 Å². The summed E-state index contributed by atoms with van der Waals surface area (Å²) in [6, 6.07) is 9.45. The Kier molecular flexibility index (Phi) is 7.55. The summed E-state index contributed by atoms with van der Waals surface area (Å²) in [6.45, 7) is 2.97. The number of hydrogen-bond donors (Lipinski definition) is 0. The topological polar surface area (TPSA) is 84.0 Å². The van der Waals surface area contributed by atoms with Crippen molar-refractivity contribution in [3.63, 3.8) is 0 Å². The zero-order valence-corrected chi connectivity index (χ0v) is 21.4. The van der Waals surface area contributed by atoms with Crippen LogP contribution in [0.2, 0.25) is 0 Å². The maximum Gasteiger partial charge on any atom is 0.416 e. The summed E-state index contributed by atoms with van der Waals surface area (Å²) in [5.41, 5.74) is 1.09. The predicted molar refractivity (Wildman–Crippen MR) is 131 cm³/mol. The van der Waals surface area contributed by atoms with Gasteiger partial charge in [0.25, 0.3) is 0 Å². The number of likely N-dealkylation sites (tertiary alicyclic amines) is 1. The van der Waals surface area contributed by atoms with Crippen LogP contribution in [0.3, 0.4) is 0 Å². The fourth-order valence-electron chi connectivity index (χ4n) is 5.07. The van der Waals surface area contributed by atoms with Crippen molar-refractivity contribution in [1.82, 2.24) is 9.80 Å². The lowest BCUT2D eigenvalue weighted by atomic mass is 9.83. The molecule has 2 aromatic carbocycles. The standard InChI is InChI=1S/C26H29F3N2O5S/c1-17(32)30-12-9-19(16-30)25-23-15-22(36-21-7-4-20(5-8-21)26(27,28)29)6-3-18(23)10-13-31(25)24(33)11-14-37(2,34)35/h3-8,15,19,25H,9-14,16H2,1-2H3/t19-,25-/m0/s1. The fraction of sp³-hybridized carbons (Fsp3) is 0.462. The number of benzene rings is 2. The van der Waals surface area contributed by atoms with E-state index in [1.165, 1.54) is 19.1 Å². The molecule has 0 N–H and O–H groups in total. The molecule has 2 aromatic rings. The number of amides is 2. The summed E-state index contributed by atoms with van der Waals surface area (Å²) in [5.74, 6) is 0.0413. The molecular weight excluding hydrogens is 509 g/mol. The van der Waals surface area contributed by atoms with Crippen molar-refractivity contribution in [2.45, 2.75) is 38.4 Å². The van der Waals surface area contributed by atoms with Crippen LogP contribution in [0.15, 0.2) is 42.5 Å². The molecule has 4 rings (SSSR count). The van der Waals surface area contributed by atoms with Gasteiger partial charge in [0.05, 0.1) is 17.4 Å². The van der Waals surface area contributed by atoms with Crippen LogP contribution >= 0.6 is 0 Å². The number of sulfone groups is 1. The lowest BCUT2D eigenvalue weighted by molar-refractivity contribution is -0.137. The van der Waals surface area contributed by atoms with Crippen molar-refractivity contribution in [2.24, 2.45) is 5.92 Å². The summed E-state index contributed by atoms with van der Waals surface area (Å²) in [7, 11) is -3.32. The Morgan fingerprint density at radius 3 is 2.32 bits per heavy atom. The van der Waals surface area contributed by atoms with Gasteiger partial charge in [0, 0.05) is 45.2 Å². The van der Waals surface area contributed by atoms with Crippen molar-refractivity contribution < 1.29 is 35.9 Å². The molecule has 2 amide bonds. The highest BCUT2D eigenvalue weighted by molar-refractivity contribution is 7.90. The van der Waals surface area contributed by atoms with Gasteiger partial charge >= 0.3 is 6.18 Å². The molecule has 1 fully saturated rings. The van der Waals surface area contributed by atoms with E-state index in [9.17, 15) is 31.2 Å². The largest absolute Gasteiger partial charge is 0.457 e. The number of hydrogen-bond acceptors (Lipinski definition) is 5. The molecule has 0 saturated carbocycles. The second-order valence-electron chi connectivity index (χ2n) is 9.66. The highest BCUT2D eigenvalue weighted by atomic mass is 32.2. The molecule has 0 spiro atoms. The van der Waals surface area contributed by atoms with Gasteiger partial charge in [-0.25, -0.2) is 8.42 Å². The Labute approximate surface area is 214 Å². The SMILES string of the molecule is CC(=O)N1CC[C@H]([C@H]2c3cc(Oc4ccc(C(F)(F)F)cc4)ccc3CCN2C(=O)CCS(C)(=O)=O)C1. The van der Waals surface area contributed by atoms with Crippen molar-refractivity contribution in [3.05, 3.63) is 59.2 Å². The number of ether oxygens (including phenoxy) is 1. The van der Waals surface area contributed by atoms with Gasteiger partial charge in [-0.3, -0.25) is 9.59 Å². The molecule has 0 bridgehead atoms. The second-order valence-corrected chi connectivity index (χ2v) is 11.9. The van der Waals surface area contributed by atoms with Gasteiger partial charge in [0.2, 0.25) is 11.8 Å². The first-order valence-electron chi connectivity index (χ1n) is 12.0. The summed E-state index contributed by atoms with van der Waals surface area (Å²) in [6.07, 6.45) is -2.23. The smallest absolute Gasteiger partial charge is 0.416 e. The minimum atomic E-state index is -4.44. The molecule has 2 aliphatic rings. The summed E-state index contributed by atoms with van der Waals surface area (Å²) >= 11 is 0. The highest BCUT2D eigenvalue weighted by Gasteiger charge is 2.40. The van der Waals surface area contributed by atoms with Gasteiger partial charge in [-0.05, 0) is 60.4 Å². The van der Waals surface area contributed by atoms with E-state index >= 15 is 0 Å². The Hall–Kier alpha value is -3.08. The maximum absolute atomic E-state index is 13.2. The average molecular weight is 539 g/mol. The van der Waals surface area contributed by atoms with E-state index in [-0.39, 0.29) is 41.7 Å². The first kappa shape index (κ1) is 27.0. The van der Waals surface area contributed by atoms with Crippen LogP contribution in [0, 0.1) is 5.92 Å². The van der Waals surface area contributed by atoms with E-state index in [1.807, 2.05) is 6.07 Å². The Balaban J connectivity index is 1.63. The third-order valence-corrected chi connectivity index (χ3v) is 7.88. The lowest BCUT2D eigenvalue weighted by Gasteiger charge is -2.41. The number of nitrogens with zero attached hydrogens (tertiary/aromatic N) is 2. The molecule has 1 saturated heterocycles. The maximum atomic E-state index is 13.2. The van der Waals surface area contributed by atoms with Gasteiger partial charge < -0.3 is 14.5 Å². The van der Waals surface area contributed by atoms with Crippen molar-refractivity contribution in [3.8, 4) is 11.5 Å². The Bertz CT molecular complexity index is 1280. The van der Waals surface area contributed by atoms with Crippen molar-refractivity contribution >= 4 is 21.7 Å². The minimum Gasteiger partial charge on any atom is -0.457 e. The quantitative estimate of drug-likeness (QED) is 0.550. The number of alkyl halides is 3. The molecule has 0 aliphatic carbocycles. The molecule has 2 atom stereocenters. The van der Waals surface area contributed by atoms with Gasteiger partial charge in [-0.2, -0.15) is 13.2 Å². The van der Waals surface area contributed by atoms with E-state index in [0.717, 1.165) is 29.5 Å². The highest BCUT2D eigenvalue weighted by Crippen LogP contribution is 2.42. The third kappa shape index (κ3) is 6.44. The average Bonchev–Trinajstić information content (AvgIpc) is 3.31. The predicted octanol–water partition coefficient (Wildman–Crippen LogP) is 4.23. The summed E-state index contributed by atoms with van der Waals surface area (Å²) < 4.78 is 67.9. The van der Waals surface area contributed by atoms with E-state index < -0.39 is 21.6 Å². The molecular formula is C26H29F3N2O5S. The van der Waals surface area contributed by atoms with E-state index in [4.69, 9.17) is 4.74 Å². The summed E-state index contributed by atoms with van der Waals surface area (Å²) in [5, 5.41) is 0. The number of fused-ring (bicyclic) bond motifs is 1. The number of rotatable bonds is 6. The van der Waals surface area contributed by atoms with E-state index in [0.29, 0.717) is 38.2 Å². The number of carbonyl (C=O) groups excluding carboxylic acids is 2. The Morgan fingerprint density at radius 1 is 1.05 bits per heavy atom. The normalized spacial score (nSPS) is 20.0. The molecule has 0 unspecified atom stereocenters. The first-order valence-corrected chi connectivity index (χ1v) is 14.1. The zero-order valence-electron chi connectivity index (χ0n) is 20.6. The van der Waals surface area contributed by atoms with Crippen molar-refractivity contribution in [2.75, 3.05) is 31.6 Å². The molecule has 0 aromatic heterocycles. The first-order chi connectivity index (χ1) is 17.3. The van der Waals surface area contributed by atoms with E-state index in [1.54, 1.807) is 21.9 Å².